The smallest absolute Gasteiger partial charge is 0.287 e. The fourth-order valence-corrected chi connectivity index (χ4v) is 2.09. The number of amides is 1. The van der Waals surface area contributed by atoms with Crippen molar-refractivity contribution in [2.75, 3.05) is 19.6 Å². The molecule has 1 amide bonds. The van der Waals surface area contributed by atoms with Gasteiger partial charge in [-0.2, -0.15) is 0 Å². The van der Waals surface area contributed by atoms with E-state index < -0.39 is 0 Å². The molecule has 2 heterocycles. The van der Waals surface area contributed by atoms with Gasteiger partial charge in [-0.1, -0.05) is 11.6 Å². The molecule has 1 fully saturated rings. The van der Waals surface area contributed by atoms with Crippen LogP contribution in [0.25, 0.3) is 11.0 Å². The SMILES string of the molecule is Cc1ccc2oc(C(=O)NCC3CNC3)cc2c1.Cl. The molecule has 5 heteroatoms. The predicted molar refractivity (Wildman–Crippen MR) is 76.9 cm³/mol. The largest absolute Gasteiger partial charge is 0.451 e. The number of hydrogen-bond acceptors (Lipinski definition) is 3. The number of furan rings is 1. The summed E-state index contributed by atoms with van der Waals surface area (Å²) in [5, 5.41) is 7.06. The fourth-order valence-electron chi connectivity index (χ4n) is 2.09. The van der Waals surface area contributed by atoms with Crippen LogP contribution in [-0.4, -0.2) is 25.5 Å². The molecule has 0 spiro atoms. The summed E-state index contributed by atoms with van der Waals surface area (Å²) in [5.41, 5.74) is 1.92. The van der Waals surface area contributed by atoms with Crippen molar-refractivity contribution in [3.63, 3.8) is 0 Å². The monoisotopic (exact) mass is 280 g/mol. The Morgan fingerprint density at radius 1 is 1.42 bits per heavy atom. The van der Waals surface area contributed by atoms with Crippen molar-refractivity contribution in [3.05, 3.63) is 35.6 Å². The van der Waals surface area contributed by atoms with E-state index in [0.29, 0.717) is 18.2 Å². The van der Waals surface area contributed by atoms with E-state index in [9.17, 15) is 4.79 Å². The molecule has 2 aromatic rings. The van der Waals surface area contributed by atoms with Crippen LogP contribution in [0.4, 0.5) is 0 Å². The molecule has 1 aromatic carbocycles. The topological polar surface area (TPSA) is 54.3 Å². The molecule has 1 saturated heterocycles. The molecule has 2 N–H and O–H groups in total. The van der Waals surface area contributed by atoms with Gasteiger partial charge in [-0.25, -0.2) is 0 Å². The number of fused-ring (bicyclic) bond motifs is 1. The van der Waals surface area contributed by atoms with Gasteiger partial charge in [0.25, 0.3) is 5.91 Å². The van der Waals surface area contributed by atoms with Gasteiger partial charge in [0.05, 0.1) is 0 Å². The first kappa shape index (κ1) is 13.9. The maximum Gasteiger partial charge on any atom is 0.287 e. The van der Waals surface area contributed by atoms with Gasteiger partial charge in [0, 0.05) is 30.9 Å². The van der Waals surface area contributed by atoms with Crippen molar-refractivity contribution in [2.45, 2.75) is 6.92 Å². The van der Waals surface area contributed by atoms with Crippen LogP contribution in [0.2, 0.25) is 0 Å². The minimum Gasteiger partial charge on any atom is -0.451 e. The highest BCUT2D eigenvalue weighted by Crippen LogP contribution is 2.20. The van der Waals surface area contributed by atoms with Crippen LogP contribution >= 0.6 is 12.4 Å². The van der Waals surface area contributed by atoms with Crippen LogP contribution < -0.4 is 10.6 Å². The molecule has 1 aromatic heterocycles. The fraction of sp³-hybridized carbons (Fsp3) is 0.357. The lowest BCUT2D eigenvalue weighted by Crippen LogP contribution is -2.48. The quantitative estimate of drug-likeness (QED) is 0.905. The van der Waals surface area contributed by atoms with E-state index in [1.165, 1.54) is 0 Å². The second kappa shape index (κ2) is 5.63. The Morgan fingerprint density at radius 2 is 2.21 bits per heavy atom. The summed E-state index contributed by atoms with van der Waals surface area (Å²) < 4.78 is 5.54. The van der Waals surface area contributed by atoms with E-state index in [0.717, 1.165) is 29.6 Å². The van der Waals surface area contributed by atoms with Crippen LogP contribution in [0.1, 0.15) is 16.1 Å². The molecule has 3 rings (SSSR count). The Morgan fingerprint density at radius 3 is 2.89 bits per heavy atom. The summed E-state index contributed by atoms with van der Waals surface area (Å²) in [5.74, 6) is 0.819. The molecule has 4 nitrogen and oxygen atoms in total. The van der Waals surface area contributed by atoms with E-state index in [1.807, 2.05) is 25.1 Å². The lowest BCUT2D eigenvalue weighted by molar-refractivity contribution is 0.0916. The molecule has 0 unspecified atom stereocenters. The third-order valence-corrected chi connectivity index (χ3v) is 3.31. The summed E-state index contributed by atoms with van der Waals surface area (Å²) >= 11 is 0. The van der Waals surface area contributed by atoms with E-state index in [2.05, 4.69) is 10.6 Å². The van der Waals surface area contributed by atoms with Crippen LogP contribution in [-0.2, 0) is 0 Å². The highest BCUT2D eigenvalue weighted by atomic mass is 35.5. The normalized spacial score (nSPS) is 14.8. The number of rotatable bonds is 3. The van der Waals surface area contributed by atoms with Gasteiger partial charge < -0.3 is 15.1 Å². The Labute approximate surface area is 118 Å². The molecule has 0 bridgehead atoms. The number of benzene rings is 1. The number of carbonyl (C=O) groups excluding carboxylic acids is 1. The minimum absolute atomic E-state index is 0. The zero-order chi connectivity index (χ0) is 12.5. The van der Waals surface area contributed by atoms with E-state index in [1.54, 1.807) is 6.07 Å². The van der Waals surface area contributed by atoms with Crippen LogP contribution in [0, 0.1) is 12.8 Å². The van der Waals surface area contributed by atoms with E-state index >= 15 is 0 Å². The van der Waals surface area contributed by atoms with Gasteiger partial charge in [0.1, 0.15) is 5.58 Å². The summed E-state index contributed by atoms with van der Waals surface area (Å²) in [4.78, 5) is 11.9. The predicted octanol–water partition coefficient (Wildman–Crippen LogP) is 2.11. The zero-order valence-corrected chi connectivity index (χ0v) is 11.5. The maximum absolute atomic E-state index is 11.9. The van der Waals surface area contributed by atoms with Crippen molar-refractivity contribution in [2.24, 2.45) is 5.92 Å². The van der Waals surface area contributed by atoms with Crippen molar-refractivity contribution in [1.82, 2.24) is 10.6 Å². The summed E-state index contributed by atoms with van der Waals surface area (Å²) in [7, 11) is 0. The highest BCUT2D eigenvalue weighted by Gasteiger charge is 2.19. The van der Waals surface area contributed by atoms with Gasteiger partial charge in [0.15, 0.2) is 5.76 Å². The van der Waals surface area contributed by atoms with Crippen LogP contribution in [0.15, 0.2) is 28.7 Å². The number of halogens is 1. The molecule has 0 aliphatic carbocycles. The van der Waals surface area contributed by atoms with Crippen LogP contribution in [0.5, 0.6) is 0 Å². The van der Waals surface area contributed by atoms with Crippen molar-refractivity contribution < 1.29 is 9.21 Å². The second-order valence-corrected chi connectivity index (χ2v) is 4.89. The molecule has 0 saturated carbocycles. The number of nitrogens with one attached hydrogen (secondary N) is 2. The molecule has 0 radical (unpaired) electrons. The molecule has 1 aliphatic heterocycles. The number of aryl methyl sites for hydroxylation is 1. The Kier molecular flexibility index (Phi) is 4.12. The van der Waals surface area contributed by atoms with Crippen molar-refractivity contribution in [1.29, 1.82) is 0 Å². The summed E-state index contributed by atoms with van der Waals surface area (Å²) in [6.45, 7) is 4.71. The Balaban J connectivity index is 0.00000133. The molecular weight excluding hydrogens is 264 g/mol. The lowest BCUT2D eigenvalue weighted by Gasteiger charge is -2.26. The lowest BCUT2D eigenvalue weighted by atomic mass is 10.0. The molecular formula is C14H17ClN2O2. The second-order valence-electron chi connectivity index (χ2n) is 4.89. The van der Waals surface area contributed by atoms with E-state index in [4.69, 9.17) is 4.42 Å². The Bertz CT molecular complexity index is 590. The average Bonchev–Trinajstić information content (AvgIpc) is 2.69. The molecule has 0 atom stereocenters. The third kappa shape index (κ3) is 2.91. The van der Waals surface area contributed by atoms with Gasteiger partial charge in [0.2, 0.25) is 0 Å². The first-order valence-corrected chi connectivity index (χ1v) is 6.21. The van der Waals surface area contributed by atoms with Gasteiger partial charge >= 0.3 is 0 Å². The van der Waals surface area contributed by atoms with E-state index in [-0.39, 0.29) is 18.3 Å². The van der Waals surface area contributed by atoms with Gasteiger partial charge in [-0.05, 0) is 25.1 Å². The zero-order valence-electron chi connectivity index (χ0n) is 10.7. The standard InChI is InChI=1S/C14H16N2O2.ClH/c1-9-2-3-12-11(4-9)5-13(18-12)14(17)16-8-10-6-15-7-10;/h2-5,10,15H,6-8H2,1H3,(H,16,17);1H. The van der Waals surface area contributed by atoms with Crippen molar-refractivity contribution in [3.8, 4) is 0 Å². The first-order valence-electron chi connectivity index (χ1n) is 6.21. The molecule has 1 aliphatic rings. The minimum atomic E-state index is -0.129. The van der Waals surface area contributed by atoms with Crippen LogP contribution in [0.3, 0.4) is 0 Å². The number of carbonyl (C=O) groups is 1. The van der Waals surface area contributed by atoms with Gasteiger partial charge in [-0.3, -0.25) is 4.79 Å². The Hall–Kier alpha value is -1.52. The van der Waals surface area contributed by atoms with Gasteiger partial charge in [-0.15, -0.1) is 12.4 Å². The first-order chi connectivity index (χ1) is 8.72. The summed E-state index contributed by atoms with van der Waals surface area (Å²) in [6, 6.07) is 7.70. The average molecular weight is 281 g/mol. The van der Waals surface area contributed by atoms with Crippen molar-refractivity contribution >= 4 is 29.3 Å². The summed E-state index contributed by atoms with van der Waals surface area (Å²) in [6.07, 6.45) is 0. The number of hydrogen-bond donors (Lipinski definition) is 2. The highest BCUT2D eigenvalue weighted by molar-refractivity contribution is 5.96. The third-order valence-electron chi connectivity index (χ3n) is 3.31. The maximum atomic E-state index is 11.9. The molecule has 102 valence electrons. The molecule has 19 heavy (non-hydrogen) atoms.